The van der Waals surface area contributed by atoms with E-state index in [1.165, 1.54) is 0 Å². The molecule has 0 bridgehead atoms. The fraction of sp³-hybridized carbons (Fsp3) is 0.629. The molecule has 1 N–H and O–H groups in total. The Hall–Kier alpha value is -3.05. The van der Waals surface area contributed by atoms with Crippen LogP contribution in [0.5, 0.6) is 0 Å². The third-order valence-electron chi connectivity index (χ3n) is 10.9. The summed E-state index contributed by atoms with van der Waals surface area (Å²) in [5.41, 5.74) is -1.36. The zero-order chi connectivity index (χ0) is 31.8. The largest absolute Gasteiger partial charge is 0.394 e. The molecule has 5 heterocycles. The average Bonchev–Trinajstić information content (AvgIpc) is 3.36. The molecule has 7 atom stereocenters. The minimum atomic E-state index is -1.33. The van der Waals surface area contributed by atoms with Crippen molar-refractivity contribution < 1.29 is 29.0 Å². The molecule has 3 saturated heterocycles. The highest BCUT2D eigenvalue weighted by atomic mass is 16.5. The average molecular weight is 621 g/mol. The molecule has 0 aromatic heterocycles. The minimum Gasteiger partial charge on any atom is -0.394 e. The Morgan fingerprint density at radius 2 is 1.62 bits per heavy atom. The van der Waals surface area contributed by atoms with Crippen LogP contribution in [0.25, 0.3) is 0 Å². The van der Waals surface area contributed by atoms with Crippen LogP contribution in [0.3, 0.4) is 0 Å². The third-order valence-corrected chi connectivity index (χ3v) is 10.9. The second-order valence-corrected chi connectivity index (χ2v) is 13.3. The Morgan fingerprint density at radius 1 is 0.911 bits per heavy atom. The maximum absolute atomic E-state index is 14.9. The van der Waals surface area contributed by atoms with Crippen molar-refractivity contribution in [1.29, 1.82) is 0 Å². The number of hydrogen-bond acceptors (Lipinski definition) is 7. The highest BCUT2D eigenvalue weighted by Crippen LogP contribution is 2.59. The first-order valence-electron chi connectivity index (χ1n) is 16.7. The summed E-state index contributed by atoms with van der Waals surface area (Å²) in [5.74, 6) is -2.37. The van der Waals surface area contributed by atoms with Gasteiger partial charge in [-0.25, -0.2) is 0 Å². The van der Waals surface area contributed by atoms with Gasteiger partial charge in [-0.05, 0) is 17.9 Å². The molecule has 5 aliphatic rings. The molecule has 244 valence electrons. The van der Waals surface area contributed by atoms with Gasteiger partial charge in [-0.1, -0.05) is 81.8 Å². The van der Waals surface area contributed by atoms with Crippen molar-refractivity contribution in [3.05, 3.63) is 60.2 Å². The molecule has 3 fully saturated rings. The number of aliphatic hydroxyl groups excluding tert-OH is 1. The van der Waals surface area contributed by atoms with E-state index in [1.807, 2.05) is 80.3 Å². The van der Waals surface area contributed by atoms with Gasteiger partial charge in [-0.2, -0.15) is 0 Å². The molecule has 10 nitrogen and oxygen atoms in total. The van der Waals surface area contributed by atoms with Crippen LogP contribution in [0.2, 0.25) is 0 Å². The lowest BCUT2D eigenvalue weighted by molar-refractivity contribution is -0.158. The molecule has 5 aliphatic heterocycles. The number of ether oxygens (including phenoxy) is 2. The molecule has 6 rings (SSSR count). The molecular weight excluding hydrogens is 572 g/mol. The Labute approximate surface area is 266 Å². The van der Waals surface area contributed by atoms with Crippen molar-refractivity contribution in [3.63, 3.8) is 0 Å². The molecular formula is C35H48N4O6. The van der Waals surface area contributed by atoms with E-state index in [2.05, 4.69) is 4.90 Å². The topological polar surface area (TPSA) is 103 Å². The number of carbonyl (C=O) groups is 3. The van der Waals surface area contributed by atoms with E-state index in [-0.39, 0.29) is 30.2 Å². The van der Waals surface area contributed by atoms with E-state index < -0.39 is 35.1 Å². The van der Waals surface area contributed by atoms with E-state index in [0.29, 0.717) is 52.4 Å². The first kappa shape index (κ1) is 31.9. The van der Waals surface area contributed by atoms with Crippen molar-refractivity contribution in [1.82, 2.24) is 19.6 Å². The quantitative estimate of drug-likeness (QED) is 0.400. The van der Waals surface area contributed by atoms with Crippen LogP contribution >= 0.6 is 0 Å². The molecule has 3 amide bonds. The van der Waals surface area contributed by atoms with Gasteiger partial charge >= 0.3 is 0 Å². The predicted octanol–water partition coefficient (Wildman–Crippen LogP) is 2.08. The lowest BCUT2D eigenvalue weighted by Gasteiger charge is -2.42. The van der Waals surface area contributed by atoms with Gasteiger partial charge < -0.3 is 29.3 Å². The monoisotopic (exact) mass is 620 g/mol. The molecule has 45 heavy (non-hydrogen) atoms. The molecule has 1 aromatic carbocycles. The number of aliphatic hydroxyl groups is 1. The van der Waals surface area contributed by atoms with Crippen LogP contribution in [-0.4, -0.2) is 125 Å². The number of amides is 3. The van der Waals surface area contributed by atoms with Gasteiger partial charge in [-0.15, -0.1) is 0 Å². The van der Waals surface area contributed by atoms with Crippen molar-refractivity contribution >= 4 is 17.7 Å². The molecule has 1 unspecified atom stereocenters. The van der Waals surface area contributed by atoms with Crippen molar-refractivity contribution in [2.24, 2.45) is 17.8 Å². The van der Waals surface area contributed by atoms with Crippen molar-refractivity contribution in [2.45, 2.75) is 63.4 Å². The SMILES string of the molecule is CC[C@H](C)[C@H](CO)N1C(=O)[C@@H]2[C@@H]3C(=O)N(Cc4ccccc4)CC=C[C@]3(CC)O[C@@]23C=CCN(CCN2CCOCC2)C(=O)C13. The van der Waals surface area contributed by atoms with E-state index in [1.54, 1.807) is 9.80 Å². The Morgan fingerprint density at radius 3 is 2.31 bits per heavy atom. The summed E-state index contributed by atoms with van der Waals surface area (Å²) in [6.45, 7) is 11.1. The molecule has 0 radical (unpaired) electrons. The first-order chi connectivity index (χ1) is 21.8. The number of fused-ring (bicyclic) bond motifs is 2. The van der Waals surface area contributed by atoms with Gasteiger partial charge in [0.05, 0.1) is 43.3 Å². The van der Waals surface area contributed by atoms with E-state index >= 15 is 0 Å². The zero-order valence-corrected chi connectivity index (χ0v) is 26.8. The summed E-state index contributed by atoms with van der Waals surface area (Å²) in [5, 5.41) is 10.7. The summed E-state index contributed by atoms with van der Waals surface area (Å²) < 4.78 is 12.6. The highest BCUT2D eigenvalue weighted by Gasteiger charge is 2.76. The molecule has 1 aromatic rings. The highest BCUT2D eigenvalue weighted by molar-refractivity contribution is 6.00. The number of likely N-dealkylation sites (tertiary alicyclic amines) is 1. The summed E-state index contributed by atoms with van der Waals surface area (Å²) in [6, 6.07) is 8.29. The summed E-state index contributed by atoms with van der Waals surface area (Å²) in [4.78, 5) is 51.8. The van der Waals surface area contributed by atoms with Crippen LogP contribution < -0.4 is 0 Å². The molecule has 10 heteroatoms. The molecule has 0 aliphatic carbocycles. The standard InChI is InChI=1S/C35H48N4O6/c1-4-25(3)27(24-40)39-30-33(43)37(18-17-36-19-21-44-22-20-36)15-10-14-35(30)29(32(39)42)28-31(41)38(23-26-11-7-6-8-12-26)16-9-13-34(28,5-2)45-35/h6-14,25,27-30,40H,4-5,15-24H2,1-3H3/t25-,27-,28+,29-,30?,34-,35-/m0/s1. The Kier molecular flexibility index (Phi) is 9.21. The summed E-state index contributed by atoms with van der Waals surface area (Å²) in [6.07, 6.45) is 9.01. The van der Waals surface area contributed by atoms with Gasteiger partial charge in [0, 0.05) is 45.8 Å². The third kappa shape index (κ3) is 5.43. The second-order valence-electron chi connectivity index (χ2n) is 13.3. The summed E-state index contributed by atoms with van der Waals surface area (Å²) >= 11 is 0. The molecule has 0 saturated carbocycles. The van der Waals surface area contributed by atoms with Gasteiger partial charge in [0.1, 0.15) is 11.6 Å². The molecule has 1 spiro atoms. The predicted molar refractivity (Wildman–Crippen MR) is 169 cm³/mol. The minimum absolute atomic E-state index is 0.0631. The Bertz CT molecular complexity index is 1310. The number of morpholine rings is 1. The van der Waals surface area contributed by atoms with Crippen LogP contribution in [0.1, 0.15) is 39.2 Å². The number of benzene rings is 1. The van der Waals surface area contributed by atoms with Crippen LogP contribution in [-0.2, 0) is 30.4 Å². The van der Waals surface area contributed by atoms with Crippen LogP contribution in [0.15, 0.2) is 54.6 Å². The summed E-state index contributed by atoms with van der Waals surface area (Å²) in [7, 11) is 0. The Balaban J connectivity index is 1.40. The van der Waals surface area contributed by atoms with E-state index in [9.17, 15) is 19.5 Å². The first-order valence-corrected chi connectivity index (χ1v) is 16.7. The normalized spacial score (nSPS) is 33.1. The zero-order valence-electron chi connectivity index (χ0n) is 26.8. The lowest BCUT2D eigenvalue weighted by atomic mass is 9.73. The van der Waals surface area contributed by atoms with Gasteiger partial charge in [0.15, 0.2) is 0 Å². The second kappa shape index (κ2) is 13.0. The number of carbonyl (C=O) groups excluding carboxylic acids is 3. The van der Waals surface area contributed by atoms with Crippen molar-refractivity contribution in [2.75, 3.05) is 59.1 Å². The van der Waals surface area contributed by atoms with Crippen LogP contribution in [0, 0.1) is 17.8 Å². The van der Waals surface area contributed by atoms with E-state index in [0.717, 1.165) is 25.1 Å². The fourth-order valence-corrected chi connectivity index (χ4v) is 8.20. The van der Waals surface area contributed by atoms with Crippen LogP contribution in [0.4, 0.5) is 0 Å². The maximum atomic E-state index is 14.9. The number of rotatable bonds is 10. The smallest absolute Gasteiger partial charge is 0.249 e. The number of nitrogens with zero attached hydrogens (tertiary/aromatic N) is 4. The number of hydrogen-bond donors (Lipinski definition) is 1. The van der Waals surface area contributed by atoms with Gasteiger partial charge in [-0.3, -0.25) is 19.3 Å². The maximum Gasteiger partial charge on any atom is 0.249 e. The van der Waals surface area contributed by atoms with E-state index in [4.69, 9.17) is 9.47 Å². The van der Waals surface area contributed by atoms with Gasteiger partial charge in [0.2, 0.25) is 17.7 Å². The van der Waals surface area contributed by atoms with Gasteiger partial charge in [0.25, 0.3) is 0 Å². The fourth-order valence-electron chi connectivity index (χ4n) is 8.20. The van der Waals surface area contributed by atoms with Crippen molar-refractivity contribution in [3.8, 4) is 0 Å². The lowest BCUT2D eigenvalue weighted by Crippen LogP contribution is -2.60.